The molecular weight excluding hydrogens is 188 g/mol. The Kier molecular flexibility index (Phi) is 3.76. The molecule has 1 aliphatic carbocycles. The lowest BCUT2D eigenvalue weighted by Gasteiger charge is -2.39. The molecule has 1 aliphatic heterocycles. The first-order valence-corrected chi connectivity index (χ1v) is 6.30. The number of carbonyl (C=O) groups is 1. The average Bonchev–Trinajstić information content (AvgIpc) is 2.30. The zero-order chi connectivity index (χ0) is 10.7. The minimum Gasteiger partial charge on any atom is -0.301 e. The average molecular weight is 210 g/mol. The van der Waals surface area contributed by atoms with E-state index in [2.05, 4.69) is 16.7 Å². The number of rotatable bonds is 2. The molecule has 2 aliphatic rings. The zero-order valence-electron chi connectivity index (χ0n) is 9.74. The van der Waals surface area contributed by atoms with Crippen molar-refractivity contribution in [3.63, 3.8) is 0 Å². The van der Waals surface area contributed by atoms with Gasteiger partial charge in [-0.25, -0.2) is 0 Å². The minimum atomic E-state index is 0.262. The quantitative estimate of drug-likeness (QED) is 0.683. The summed E-state index contributed by atoms with van der Waals surface area (Å²) in [6.45, 7) is 7.81. The Morgan fingerprint density at radius 3 is 2.53 bits per heavy atom. The second-order valence-corrected chi connectivity index (χ2v) is 4.70. The third kappa shape index (κ3) is 2.58. The Morgan fingerprint density at radius 1 is 1.20 bits per heavy atom. The fourth-order valence-electron chi connectivity index (χ4n) is 2.74. The molecule has 1 saturated carbocycles. The summed E-state index contributed by atoms with van der Waals surface area (Å²) in [6, 6.07) is 0.262. The van der Waals surface area contributed by atoms with Crippen LogP contribution >= 0.6 is 0 Å². The first-order chi connectivity index (χ1) is 7.31. The zero-order valence-corrected chi connectivity index (χ0v) is 9.74. The van der Waals surface area contributed by atoms with Crippen LogP contribution in [0.3, 0.4) is 0 Å². The van der Waals surface area contributed by atoms with Crippen molar-refractivity contribution >= 4 is 5.78 Å². The summed E-state index contributed by atoms with van der Waals surface area (Å²) >= 11 is 0. The molecule has 0 aromatic heterocycles. The third-order valence-corrected chi connectivity index (χ3v) is 3.82. The summed E-state index contributed by atoms with van der Waals surface area (Å²) in [5.74, 6) is 0.492. The van der Waals surface area contributed by atoms with Crippen molar-refractivity contribution in [2.75, 3.05) is 32.7 Å². The van der Waals surface area contributed by atoms with Crippen molar-refractivity contribution in [1.29, 1.82) is 0 Å². The van der Waals surface area contributed by atoms with Crippen LogP contribution < -0.4 is 0 Å². The summed E-state index contributed by atoms with van der Waals surface area (Å²) < 4.78 is 0. The molecule has 1 unspecified atom stereocenters. The van der Waals surface area contributed by atoms with E-state index in [1.165, 1.54) is 6.42 Å². The molecule has 0 aromatic carbocycles. The predicted molar refractivity (Wildman–Crippen MR) is 61.0 cm³/mol. The van der Waals surface area contributed by atoms with E-state index < -0.39 is 0 Å². The SMILES string of the molecule is CCN1CCN(C2CCCCC2=O)CC1. The summed E-state index contributed by atoms with van der Waals surface area (Å²) in [5.41, 5.74) is 0. The molecule has 0 N–H and O–H groups in total. The highest BCUT2D eigenvalue weighted by Crippen LogP contribution is 2.20. The largest absolute Gasteiger partial charge is 0.301 e. The molecule has 2 rings (SSSR count). The molecule has 0 aromatic rings. The van der Waals surface area contributed by atoms with Gasteiger partial charge in [0.15, 0.2) is 0 Å². The summed E-state index contributed by atoms with van der Waals surface area (Å²) in [4.78, 5) is 16.7. The van der Waals surface area contributed by atoms with Gasteiger partial charge in [0.25, 0.3) is 0 Å². The molecule has 0 radical (unpaired) electrons. The molecule has 3 heteroatoms. The van der Waals surface area contributed by atoms with Crippen LogP contribution in [0.1, 0.15) is 32.6 Å². The first kappa shape index (κ1) is 11.1. The third-order valence-electron chi connectivity index (χ3n) is 3.82. The van der Waals surface area contributed by atoms with Gasteiger partial charge in [-0.3, -0.25) is 9.69 Å². The molecular formula is C12H22N2O. The van der Waals surface area contributed by atoms with E-state index >= 15 is 0 Å². The van der Waals surface area contributed by atoms with Gasteiger partial charge in [-0.05, 0) is 19.4 Å². The number of likely N-dealkylation sites (N-methyl/N-ethyl adjacent to an activating group) is 1. The van der Waals surface area contributed by atoms with Crippen LogP contribution in [0.25, 0.3) is 0 Å². The highest BCUT2D eigenvalue weighted by molar-refractivity contribution is 5.84. The van der Waals surface area contributed by atoms with Crippen LogP contribution in [0.2, 0.25) is 0 Å². The number of piperazine rings is 1. The Hall–Kier alpha value is -0.410. The van der Waals surface area contributed by atoms with Gasteiger partial charge in [-0.1, -0.05) is 13.3 Å². The molecule has 86 valence electrons. The van der Waals surface area contributed by atoms with E-state index in [9.17, 15) is 4.79 Å². The van der Waals surface area contributed by atoms with Crippen LogP contribution in [0.4, 0.5) is 0 Å². The van der Waals surface area contributed by atoms with Crippen LogP contribution in [0.15, 0.2) is 0 Å². The van der Waals surface area contributed by atoms with E-state index in [1.807, 2.05) is 0 Å². The van der Waals surface area contributed by atoms with E-state index in [4.69, 9.17) is 0 Å². The van der Waals surface area contributed by atoms with Gasteiger partial charge in [0, 0.05) is 32.6 Å². The minimum absolute atomic E-state index is 0.262. The molecule has 1 heterocycles. The monoisotopic (exact) mass is 210 g/mol. The lowest BCUT2D eigenvalue weighted by molar-refractivity contribution is -0.127. The second-order valence-electron chi connectivity index (χ2n) is 4.70. The molecule has 0 amide bonds. The normalized spacial score (nSPS) is 30.7. The van der Waals surface area contributed by atoms with Crippen LogP contribution in [0.5, 0.6) is 0 Å². The lowest BCUT2D eigenvalue weighted by Crippen LogP contribution is -2.53. The van der Waals surface area contributed by atoms with Crippen LogP contribution in [-0.2, 0) is 4.79 Å². The van der Waals surface area contributed by atoms with Gasteiger partial charge in [0.2, 0.25) is 0 Å². The van der Waals surface area contributed by atoms with Crippen molar-refractivity contribution in [1.82, 2.24) is 9.80 Å². The summed E-state index contributed by atoms with van der Waals surface area (Å²) in [5, 5.41) is 0. The Balaban J connectivity index is 1.86. The Bertz CT molecular complexity index is 222. The van der Waals surface area contributed by atoms with Crippen molar-refractivity contribution < 1.29 is 4.79 Å². The fraction of sp³-hybridized carbons (Fsp3) is 0.917. The topological polar surface area (TPSA) is 23.6 Å². The maximum absolute atomic E-state index is 11.8. The van der Waals surface area contributed by atoms with Gasteiger partial charge in [0.05, 0.1) is 6.04 Å². The van der Waals surface area contributed by atoms with Gasteiger partial charge in [0.1, 0.15) is 5.78 Å². The number of carbonyl (C=O) groups excluding carboxylic acids is 1. The predicted octanol–water partition coefficient (Wildman–Crippen LogP) is 1.14. The maximum atomic E-state index is 11.8. The van der Waals surface area contributed by atoms with E-state index in [0.29, 0.717) is 5.78 Å². The summed E-state index contributed by atoms with van der Waals surface area (Å²) in [7, 11) is 0. The molecule has 0 bridgehead atoms. The van der Waals surface area contributed by atoms with Crippen molar-refractivity contribution in [2.45, 2.75) is 38.6 Å². The molecule has 0 spiro atoms. The standard InChI is InChI=1S/C12H22N2O/c1-2-13-7-9-14(10-8-13)11-5-3-4-6-12(11)15/h11H,2-10H2,1H3. The highest BCUT2D eigenvalue weighted by atomic mass is 16.1. The number of nitrogens with zero attached hydrogens (tertiary/aromatic N) is 2. The van der Waals surface area contributed by atoms with Crippen molar-refractivity contribution in [2.24, 2.45) is 0 Å². The number of hydrogen-bond donors (Lipinski definition) is 0. The van der Waals surface area contributed by atoms with Crippen LogP contribution in [0, 0.1) is 0 Å². The van der Waals surface area contributed by atoms with E-state index in [0.717, 1.165) is 52.0 Å². The molecule has 1 atom stereocenters. The summed E-state index contributed by atoms with van der Waals surface area (Å²) in [6.07, 6.45) is 4.28. The second kappa shape index (κ2) is 5.08. The van der Waals surface area contributed by atoms with Gasteiger partial charge < -0.3 is 4.90 Å². The highest BCUT2D eigenvalue weighted by Gasteiger charge is 2.29. The number of hydrogen-bond acceptors (Lipinski definition) is 3. The van der Waals surface area contributed by atoms with Crippen LogP contribution in [-0.4, -0.2) is 54.3 Å². The maximum Gasteiger partial charge on any atom is 0.149 e. The smallest absolute Gasteiger partial charge is 0.149 e. The molecule has 1 saturated heterocycles. The number of Topliss-reactive ketones (excluding diaryl/α,β-unsaturated/α-hetero) is 1. The van der Waals surface area contributed by atoms with E-state index in [-0.39, 0.29) is 6.04 Å². The van der Waals surface area contributed by atoms with Crippen molar-refractivity contribution in [3.8, 4) is 0 Å². The van der Waals surface area contributed by atoms with Gasteiger partial charge in [-0.2, -0.15) is 0 Å². The van der Waals surface area contributed by atoms with Gasteiger partial charge >= 0.3 is 0 Å². The lowest BCUT2D eigenvalue weighted by atomic mass is 9.92. The first-order valence-electron chi connectivity index (χ1n) is 6.30. The molecule has 2 fully saturated rings. The molecule has 15 heavy (non-hydrogen) atoms. The molecule has 3 nitrogen and oxygen atoms in total. The van der Waals surface area contributed by atoms with Gasteiger partial charge in [-0.15, -0.1) is 0 Å². The fourth-order valence-corrected chi connectivity index (χ4v) is 2.74. The van der Waals surface area contributed by atoms with E-state index in [1.54, 1.807) is 0 Å². The number of ketones is 1. The Labute approximate surface area is 92.4 Å². The van der Waals surface area contributed by atoms with Crippen molar-refractivity contribution in [3.05, 3.63) is 0 Å². The Morgan fingerprint density at radius 2 is 1.93 bits per heavy atom.